The second-order valence-electron chi connectivity index (χ2n) is 5.83. The minimum atomic E-state index is 0.153. The third-order valence-electron chi connectivity index (χ3n) is 4.13. The standard InChI is InChI=1S/C18H27NO2S/c1-21-16-10-7-15(8-11-16)9-12-18(20)19-13-14-22-17-5-3-2-4-6-17/h7-8,10-11,17H,2-6,9,12-14H2,1H3,(H,19,20). The molecular weight excluding hydrogens is 294 g/mol. The fourth-order valence-corrected chi connectivity index (χ4v) is 4.01. The molecule has 0 bridgehead atoms. The maximum atomic E-state index is 11.8. The van der Waals surface area contributed by atoms with E-state index in [9.17, 15) is 4.79 Å². The summed E-state index contributed by atoms with van der Waals surface area (Å²) in [6, 6.07) is 7.91. The third kappa shape index (κ3) is 6.30. The van der Waals surface area contributed by atoms with Crippen LogP contribution in [-0.4, -0.2) is 30.6 Å². The molecule has 1 saturated carbocycles. The number of amides is 1. The van der Waals surface area contributed by atoms with Crippen molar-refractivity contribution in [1.82, 2.24) is 5.32 Å². The molecule has 0 spiro atoms. The summed E-state index contributed by atoms with van der Waals surface area (Å²) < 4.78 is 5.13. The minimum Gasteiger partial charge on any atom is -0.497 e. The Morgan fingerprint density at radius 3 is 2.64 bits per heavy atom. The van der Waals surface area contributed by atoms with E-state index < -0.39 is 0 Å². The number of nitrogens with one attached hydrogen (secondary N) is 1. The van der Waals surface area contributed by atoms with Crippen LogP contribution in [0.15, 0.2) is 24.3 Å². The van der Waals surface area contributed by atoms with Gasteiger partial charge in [0, 0.05) is 24.0 Å². The van der Waals surface area contributed by atoms with Gasteiger partial charge in [-0.15, -0.1) is 0 Å². The predicted molar refractivity (Wildman–Crippen MR) is 93.7 cm³/mol. The molecule has 0 unspecified atom stereocenters. The molecule has 2 rings (SSSR count). The van der Waals surface area contributed by atoms with Crippen LogP contribution in [0.25, 0.3) is 0 Å². The number of hydrogen-bond donors (Lipinski definition) is 1. The van der Waals surface area contributed by atoms with Crippen molar-refractivity contribution in [2.75, 3.05) is 19.4 Å². The lowest BCUT2D eigenvalue weighted by Gasteiger charge is -2.20. The quantitative estimate of drug-likeness (QED) is 0.740. The Morgan fingerprint density at radius 2 is 1.95 bits per heavy atom. The molecule has 1 aromatic carbocycles. The van der Waals surface area contributed by atoms with Gasteiger partial charge in [-0.25, -0.2) is 0 Å². The molecule has 122 valence electrons. The van der Waals surface area contributed by atoms with E-state index in [1.54, 1.807) is 7.11 Å². The van der Waals surface area contributed by atoms with Crippen LogP contribution < -0.4 is 10.1 Å². The third-order valence-corrected chi connectivity index (χ3v) is 5.51. The molecule has 0 atom stereocenters. The largest absolute Gasteiger partial charge is 0.497 e. The number of benzene rings is 1. The SMILES string of the molecule is COc1ccc(CCC(=O)NCCSC2CCCCC2)cc1. The topological polar surface area (TPSA) is 38.3 Å². The van der Waals surface area contributed by atoms with E-state index in [4.69, 9.17) is 4.74 Å². The molecule has 0 saturated heterocycles. The van der Waals surface area contributed by atoms with Gasteiger partial charge in [0.1, 0.15) is 5.75 Å². The smallest absolute Gasteiger partial charge is 0.220 e. The average molecular weight is 321 g/mol. The molecule has 1 aromatic rings. The Kier molecular flexibility index (Phi) is 7.64. The van der Waals surface area contributed by atoms with Crippen molar-refractivity contribution >= 4 is 17.7 Å². The average Bonchev–Trinajstić information content (AvgIpc) is 2.58. The van der Waals surface area contributed by atoms with Gasteiger partial charge in [0.25, 0.3) is 0 Å². The second-order valence-corrected chi connectivity index (χ2v) is 7.24. The first-order valence-electron chi connectivity index (χ1n) is 8.29. The number of rotatable bonds is 8. The molecule has 0 radical (unpaired) electrons. The summed E-state index contributed by atoms with van der Waals surface area (Å²) in [5.41, 5.74) is 1.17. The summed E-state index contributed by atoms with van der Waals surface area (Å²) in [6.45, 7) is 0.794. The van der Waals surface area contributed by atoms with Crippen LogP contribution in [0.5, 0.6) is 5.75 Å². The molecule has 22 heavy (non-hydrogen) atoms. The Morgan fingerprint density at radius 1 is 1.23 bits per heavy atom. The molecule has 1 amide bonds. The van der Waals surface area contributed by atoms with E-state index in [0.717, 1.165) is 29.7 Å². The Hall–Kier alpha value is -1.16. The number of hydrogen-bond acceptors (Lipinski definition) is 3. The molecule has 3 nitrogen and oxygen atoms in total. The number of carbonyl (C=O) groups is 1. The predicted octanol–water partition coefficient (Wildman–Crippen LogP) is 3.81. The fourth-order valence-electron chi connectivity index (χ4n) is 2.79. The van der Waals surface area contributed by atoms with Crippen LogP contribution in [-0.2, 0) is 11.2 Å². The Balaban J connectivity index is 1.55. The van der Waals surface area contributed by atoms with Crippen molar-refractivity contribution < 1.29 is 9.53 Å². The highest BCUT2D eigenvalue weighted by atomic mass is 32.2. The summed E-state index contributed by atoms with van der Waals surface area (Å²) in [5.74, 6) is 2.05. The zero-order valence-corrected chi connectivity index (χ0v) is 14.3. The molecule has 1 aliphatic rings. The summed E-state index contributed by atoms with van der Waals surface area (Å²) in [6.07, 6.45) is 8.22. The van der Waals surface area contributed by atoms with Crippen LogP contribution in [0.1, 0.15) is 44.1 Å². The Labute approximate surface area is 138 Å². The first kappa shape index (κ1) is 17.2. The molecule has 4 heteroatoms. The van der Waals surface area contributed by atoms with Crippen molar-refractivity contribution in [2.45, 2.75) is 50.2 Å². The minimum absolute atomic E-state index is 0.153. The number of thioether (sulfide) groups is 1. The van der Waals surface area contributed by atoms with Crippen molar-refractivity contribution in [2.24, 2.45) is 0 Å². The zero-order chi connectivity index (χ0) is 15.6. The van der Waals surface area contributed by atoms with E-state index in [1.165, 1.54) is 37.7 Å². The van der Waals surface area contributed by atoms with Gasteiger partial charge < -0.3 is 10.1 Å². The molecule has 0 aromatic heterocycles. The van der Waals surface area contributed by atoms with Crippen molar-refractivity contribution in [1.29, 1.82) is 0 Å². The highest BCUT2D eigenvalue weighted by molar-refractivity contribution is 7.99. The van der Waals surface area contributed by atoms with Crippen LogP contribution >= 0.6 is 11.8 Å². The van der Waals surface area contributed by atoms with Gasteiger partial charge in [-0.3, -0.25) is 4.79 Å². The van der Waals surface area contributed by atoms with E-state index >= 15 is 0 Å². The summed E-state index contributed by atoms with van der Waals surface area (Å²) in [7, 11) is 1.66. The second kappa shape index (κ2) is 9.78. The van der Waals surface area contributed by atoms with Gasteiger partial charge in [0.15, 0.2) is 0 Å². The van der Waals surface area contributed by atoms with E-state index in [1.807, 2.05) is 36.0 Å². The summed E-state index contributed by atoms with van der Waals surface area (Å²) >= 11 is 2.03. The number of ether oxygens (including phenoxy) is 1. The number of aryl methyl sites for hydroxylation is 1. The van der Waals surface area contributed by atoms with Crippen molar-refractivity contribution in [3.05, 3.63) is 29.8 Å². The first-order valence-corrected chi connectivity index (χ1v) is 9.34. The van der Waals surface area contributed by atoms with Crippen molar-refractivity contribution in [3.63, 3.8) is 0 Å². The van der Waals surface area contributed by atoms with Crippen molar-refractivity contribution in [3.8, 4) is 5.75 Å². The lowest BCUT2D eigenvalue weighted by Crippen LogP contribution is -2.26. The number of carbonyl (C=O) groups excluding carboxylic acids is 1. The summed E-state index contributed by atoms with van der Waals surface area (Å²) in [5, 5.41) is 3.85. The van der Waals surface area contributed by atoms with Gasteiger partial charge in [-0.1, -0.05) is 31.4 Å². The number of methoxy groups -OCH3 is 1. The Bertz CT molecular complexity index is 441. The van der Waals surface area contributed by atoms with Crippen LogP contribution in [0, 0.1) is 0 Å². The lowest BCUT2D eigenvalue weighted by atomic mass is 10.0. The monoisotopic (exact) mass is 321 g/mol. The zero-order valence-electron chi connectivity index (χ0n) is 13.5. The highest BCUT2D eigenvalue weighted by Crippen LogP contribution is 2.27. The molecule has 0 heterocycles. The van der Waals surface area contributed by atoms with Gasteiger partial charge >= 0.3 is 0 Å². The lowest BCUT2D eigenvalue weighted by molar-refractivity contribution is -0.120. The van der Waals surface area contributed by atoms with E-state index in [-0.39, 0.29) is 5.91 Å². The fraction of sp³-hybridized carbons (Fsp3) is 0.611. The van der Waals surface area contributed by atoms with Crippen LogP contribution in [0.4, 0.5) is 0 Å². The highest BCUT2D eigenvalue weighted by Gasteiger charge is 2.13. The van der Waals surface area contributed by atoms with E-state index in [2.05, 4.69) is 5.32 Å². The van der Waals surface area contributed by atoms with Gasteiger partial charge in [0.05, 0.1) is 7.11 Å². The van der Waals surface area contributed by atoms with Gasteiger partial charge in [-0.2, -0.15) is 11.8 Å². The molecule has 0 aliphatic heterocycles. The van der Waals surface area contributed by atoms with Gasteiger partial charge in [-0.05, 0) is 37.0 Å². The van der Waals surface area contributed by atoms with Gasteiger partial charge in [0.2, 0.25) is 5.91 Å². The molecular formula is C18H27NO2S. The molecule has 1 aliphatic carbocycles. The summed E-state index contributed by atoms with van der Waals surface area (Å²) in [4.78, 5) is 11.8. The van der Waals surface area contributed by atoms with Crippen LogP contribution in [0.3, 0.4) is 0 Å². The normalized spacial score (nSPS) is 15.5. The molecule has 1 N–H and O–H groups in total. The maximum Gasteiger partial charge on any atom is 0.220 e. The first-order chi connectivity index (χ1) is 10.8. The maximum absolute atomic E-state index is 11.8. The molecule has 1 fully saturated rings. The van der Waals surface area contributed by atoms with E-state index in [0.29, 0.717) is 6.42 Å². The van der Waals surface area contributed by atoms with Crippen LogP contribution in [0.2, 0.25) is 0 Å².